The highest BCUT2D eigenvalue weighted by atomic mass is 32.2. The maximum Gasteiger partial charge on any atom is 0.408 e. The van der Waals surface area contributed by atoms with Crippen molar-refractivity contribution >= 4 is 35.4 Å². The second-order valence-electron chi connectivity index (χ2n) is 11.9. The van der Waals surface area contributed by atoms with E-state index in [9.17, 15) is 14.4 Å². The van der Waals surface area contributed by atoms with Crippen LogP contribution in [-0.2, 0) is 14.3 Å². The summed E-state index contributed by atoms with van der Waals surface area (Å²) in [5.74, 6) is 0.0159. The molecule has 0 saturated heterocycles. The predicted octanol–water partition coefficient (Wildman–Crippen LogP) is 6.96. The summed E-state index contributed by atoms with van der Waals surface area (Å²) in [6, 6.07) is 11.7. The van der Waals surface area contributed by atoms with Gasteiger partial charge in [0.05, 0.1) is 0 Å². The summed E-state index contributed by atoms with van der Waals surface area (Å²) in [6.45, 7) is 17.1. The highest BCUT2D eigenvalue weighted by Gasteiger charge is 2.43. The van der Waals surface area contributed by atoms with E-state index in [1.807, 2.05) is 90.3 Å². The fourth-order valence-electron chi connectivity index (χ4n) is 4.43. The van der Waals surface area contributed by atoms with Crippen molar-refractivity contribution in [3.8, 4) is 0 Å². The normalized spacial score (nSPS) is 13.2. The lowest BCUT2D eigenvalue weighted by molar-refractivity contribution is -0.147. The Hall–Kier alpha value is -3.00. The van der Waals surface area contributed by atoms with Crippen LogP contribution in [0.5, 0.6) is 0 Å². The number of ether oxygens (including phenoxy) is 1. The van der Waals surface area contributed by atoms with Gasteiger partial charge in [-0.2, -0.15) is 11.8 Å². The van der Waals surface area contributed by atoms with E-state index in [-0.39, 0.29) is 11.8 Å². The van der Waals surface area contributed by atoms with Crippen molar-refractivity contribution in [2.75, 3.05) is 17.3 Å². The number of thioether (sulfide) groups is 1. The second-order valence-corrected chi connectivity index (χ2v) is 12.9. The molecular weight excluding hydrogens is 522 g/mol. The SMILES string of the molecule is CCC(C)(C)N(C(=O)C(CCSC)NC(=O)OC(C)(C)C)C(C(=O)Nc1c(C)cccc1C)c1ccc(C)cc1. The fourth-order valence-corrected chi connectivity index (χ4v) is 4.90. The van der Waals surface area contributed by atoms with Crippen molar-refractivity contribution in [1.82, 2.24) is 10.2 Å². The molecule has 0 aliphatic heterocycles. The lowest BCUT2D eigenvalue weighted by Gasteiger charge is -2.44. The number of alkyl carbamates (subject to hydrolysis) is 1. The third-order valence-corrected chi connectivity index (χ3v) is 7.63. The standard InChI is InChI=1S/C32H47N3O4S/c1-11-32(8,9)35(29(37)25(19-20-40-10)33-30(38)39-31(5,6)7)27(24-17-15-21(2)16-18-24)28(36)34-26-22(3)13-12-14-23(26)4/h12-18,25,27H,11,19-20H2,1-10H3,(H,33,38)(H,34,36). The Kier molecular flexibility index (Phi) is 11.7. The molecule has 0 spiro atoms. The Morgan fingerprint density at radius 1 is 0.950 bits per heavy atom. The first-order chi connectivity index (χ1) is 18.6. The lowest BCUT2D eigenvalue weighted by Crippen LogP contribution is -2.59. The van der Waals surface area contributed by atoms with E-state index in [0.29, 0.717) is 24.2 Å². The Balaban J connectivity index is 2.65. The van der Waals surface area contributed by atoms with Gasteiger partial charge in [0, 0.05) is 11.2 Å². The number of nitrogens with zero attached hydrogens (tertiary/aromatic N) is 1. The molecule has 3 amide bonds. The van der Waals surface area contributed by atoms with Gasteiger partial charge in [0.15, 0.2) is 0 Å². The summed E-state index contributed by atoms with van der Waals surface area (Å²) >= 11 is 1.59. The molecule has 0 radical (unpaired) electrons. The van der Waals surface area contributed by atoms with Crippen molar-refractivity contribution in [3.63, 3.8) is 0 Å². The molecule has 220 valence electrons. The summed E-state index contributed by atoms with van der Waals surface area (Å²) < 4.78 is 5.49. The lowest BCUT2D eigenvalue weighted by atomic mass is 9.91. The van der Waals surface area contributed by atoms with Gasteiger partial charge >= 0.3 is 6.09 Å². The molecule has 2 unspecified atom stereocenters. The molecule has 2 atom stereocenters. The number of rotatable bonds is 11. The molecule has 2 aromatic carbocycles. The van der Waals surface area contributed by atoms with Crippen molar-refractivity contribution in [2.24, 2.45) is 0 Å². The van der Waals surface area contributed by atoms with Crippen molar-refractivity contribution in [2.45, 2.75) is 98.4 Å². The first-order valence-electron chi connectivity index (χ1n) is 13.9. The number of hydrogen-bond acceptors (Lipinski definition) is 5. The van der Waals surface area contributed by atoms with Crippen LogP contribution < -0.4 is 10.6 Å². The number of hydrogen-bond donors (Lipinski definition) is 2. The molecule has 7 nitrogen and oxygen atoms in total. The minimum atomic E-state index is -0.931. The van der Waals surface area contributed by atoms with Crippen LogP contribution in [0.3, 0.4) is 0 Å². The van der Waals surface area contributed by atoms with Gasteiger partial charge in [-0.05, 0) is 96.9 Å². The summed E-state index contributed by atoms with van der Waals surface area (Å²) in [5.41, 5.74) is 2.94. The number of benzene rings is 2. The zero-order valence-corrected chi connectivity index (χ0v) is 26.6. The van der Waals surface area contributed by atoms with Gasteiger partial charge in [-0.3, -0.25) is 9.59 Å². The number of aryl methyl sites for hydroxylation is 3. The molecule has 0 aliphatic rings. The number of para-hydroxylation sites is 1. The van der Waals surface area contributed by atoms with Crippen LogP contribution in [0.4, 0.5) is 10.5 Å². The van der Waals surface area contributed by atoms with Crippen LogP contribution in [0.15, 0.2) is 42.5 Å². The van der Waals surface area contributed by atoms with E-state index in [1.54, 1.807) is 37.4 Å². The zero-order chi connectivity index (χ0) is 30.3. The molecule has 2 rings (SSSR count). The van der Waals surface area contributed by atoms with Gasteiger partial charge in [0.2, 0.25) is 5.91 Å². The molecule has 0 aliphatic carbocycles. The summed E-state index contributed by atoms with van der Waals surface area (Å²) in [4.78, 5) is 43.2. The van der Waals surface area contributed by atoms with Gasteiger partial charge in [0.1, 0.15) is 17.7 Å². The molecule has 0 fully saturated rings. The number of amides is 3. The third kappa shape index (κ3) is 9.01. The molecule has 0 aromatic heterocycles. The quantitative estimate of drug-likeness (QED) is 0.306. The summed E-state index contributed by atoms with van der Waals surface area (Å²) in [6.07, 6.45) is 2.29. The molecule has 0 saturated carbocycles. The predicted molar refractivity (Wildman–Crippen MR) is 166 cm³/mol. The van der Waals surface area contributed by atoms with Crippen LogP contribution >= 0.6 is 11.8 Å². The number of nitrogens with one attached hydrogen (secondary N) is 2. The van der Waals surface area contributed by atoms with Gasteiger partial charge in [-0.25, -0.2) is 4.79 Å². The van der Waals surface area contributed by atoms with Crippen LogP contribution in [0.1, 0.15) is 82.7 Å². The van der Waals surface area contributed by atoms with E-state index in [4.69, 9.17) is 4.74 Å². The third-order valence-electron chi connectivity index (χ3n) is 6.98. The van der Waals surface area contributed by atoms with Crippen molar-refractivity contribution < 1.29 is 19.1 Å². The van der Waals surface area contributed by atoms with E-state index >= 15 is 0 Å². The van der Waals surface area contributed by atoms with Crippen LogP contribution in [-0.4, -0.2) is 52.0 Å². The summed E-state index contributed by atoms with van der Waals surface area (Å²) in [5, 5.41) is 5.94. The Bertz CT molecular complexity index is 1150. The van der Waals surface area contributed by atoms with Gasteiger partial charge < -0.3 is 20.3 Å². The topological polar surface area (TPSA) is 87.7 Å². The second kappa shape index (κ2) is 14.1. The number of carbonyl (C=O) groups is 3. The minimum Gasteiger partial charge on any atom is -0.444 e. The summed E-state index contributed by atoms with van der Waals surface area (Å²) in [7, 11) is 0. The highest BCUT2D eigenvalue weighted by molar-refractivity contribution is 7.98. The maximum absolute atomic E-state index is 14.5. The van der Waals surface area contributed by atoms with E-state index in [1.165, 1.54) is 0 Å². The molecular formula is C32H47N3O4S. The van der Waals surface area contributed by atoms with E-state index in [2.05, 4.69) is 10.6 Å². The average Bonchev–Trinajstić information content (AvgIpc) is 2.86. The highest BCUT2D eigenvalue weighted by Crippen LogP contribution is 2.34. The van der Waals surface area contributed by atoms with Crippen molar-refractivity contribution in [3.05, 3.63) is 64.7 Å². The van der Waals surface area contributed by atoms with E-state index < -0.39 is 29.3 Å². The van der Waals surface area contributed by atoms with Gasteiger partial charge in [-0.15, -0.1) is 0 Å². The fraction of sp³-hybridized carbons (Fsp3) is 0.531. The van der Waals surface area contributed by atoms with Gasteiger partial charge in [0.25, 0.3) is 5.91 Å². The Labute approximate surface area is 244 Å². The number of anilines is 1. The van der Waals surface area contributed by atoms with Crippen LogP contribution in [0.25, 0.3) is 0 Å². The van der Waals surface area contributed by atoms with Gasteiger partial charge in [-0.1, -0.05) is 55.0 Å². The van der Waals surface area contributed by atoms with Crippen molar-refractivity contribution in [1.29, 1.82) is 0 Å². The van der Waals surface area contributed by atoms with Crippen LogP contribution in [0, 0.1) is 20.8 Å². The Morgan fingerprint density at radius 3 is 2.02 bits per heavy atom. The zero-order valence-electron chi connectivity index (χ0n) is 25.8. The molecule has 2 aromatic rings. The first kappa shape index (κ1) is 33.2. The molecule has 2 N–H and O–H groups in total. The minimum absolute atomic E-state index is 0.308. The maximum atomic E-state index is 14.5. The molecule has 0 heterocycles. The monoisotopic (exact) mass is 569 g/mol. The molecule has 0 bridgehead atoms. The van der Waals surface area contributed by atoms with E-state index in [0.717, 1.165) is 22.4 Å². The number of carbonyl (C=O) groups excluding carboxylic acids is 3. The van der Waals surface area contributed by atoms with Crippen LogP contribution in [0.2, 0.25) is 0 Å². The largest absolute Gasteiger partial charge is 0.444 e. The first-order valence-corrected chi connectivity index (χ1v) is 15.3. The smallest absolute Gasteiger partial charge is 0.408 e. The average molecular weight is 570 g/mol. The molecule has 8 heteroatoms. The Morgan fingerprint density at radius 2 is 1.52 bits per heavy atom. The molecule has 40 heavy (non-hydrogen) atoms.